The highest BCUT2D eigenvalue weighted by atomic mass is 32.2. The molecule has 0 saturated heterocycles. The van der Waals surface area contributed by atoms with Crippen LogP contribution in [0.25, 0.3) is 0 Å². The molecule has 2 aromatic carbocycles. The lowest BCUT2D eigenvalue weighted by molar-refractivity contribution is 0.185. The van der Waals surface area contributed by atoms with Gasteiger partial charge in [0.25, 0.3) is 10.0 Å². The number of benzene rings is 2. The molecule has 4 aromatic rings. The van der Waals surface area contributed by atoms with E-state index in [0.29, 0.717) is 17.1 Å². The van der Waals surface area contributed by atoms with Crippen LogP contribution in [0.5, 0.6) is 17.2 Å². The number of aromatic nitrogens is 4. The summed E-state index contributed by atoms with van der Waals surface area (Å²) in [6.07, 6.45) is 6.99. The zero-order valence-corrected chi connectivity index (χ0v) is 23.9. The highest BCUT2D eigenvalue weighted by Gasteiger charge is 2.34. The molecule has 12 heteroatoms. The summed E-state index contributed by atoms with van der Waals surface area (Å²) in [5.41, 5.74) is 1.62. The van der Waals surface area contributed by atoms with Crippen molar-refractivity contribution < 1.29 is 27.0 Å². The standard InChI is InChI=1S/C29H32FN5O5S/c1-4-34-25(12-15-33-34)23-6-5-7-26(23)40-22-10-11-28(24(30)16-22)41(36,37)35(29-13-14-31-19-32-29)18-20-8-9-21(38-2)17-27(20)39-3/h8-17,19,23,26H,4-7,18H2,1-3H3/t23-,26+/m1/s1. The fraction of sp³-hybridized carbons (Fsp3) is 0.345. The monoisotopic (exact) mass is 581 g/mol. The van der Waals surface area contributed by atoms with Crippen molar-refractivity contribution >= 4 is 15.8 Å². The van der Waals surface area contributed by atoms with Crippen molar-refractivity contribution in [1.29, 1.82) is 0 Å². The number of methoxy groups -OCH3 is 2. The molecule has 1 saturated carbocycles. The van der Waals surface area contributed by atoms with Crippen LogP contribution < -0.4 is 18.5 Å². The Bertz CT molecular complexity index is 1600. The average Bonchev–Trinajstić information content (AvgIpc) is 3.65. The first-order valence-electron chi connectivity index (χ1n) is 13.3. The maximum absolute atomic E-state index is 15.6. The van der Waals surface area contributed by atoms with Gasteiger partial charge in [0.1, 0.15) is 46.2 Å². The molecule has 5 rings (SSSR count). The molecule has 1 fully saturated rings. The highest BCUT2D eigenvalue weighted by Crippen LogP contribution is 2.38. The van der Waals surface area contributed by atoms with Crippen molar-refractivity contribution in [3.63, 3.8) is 0 Å². The average molecular weight is 582 g/mol. The molecule has 41 heavy (non-hydrogen) atoms. The van der Waals surface area contributed by atoms with Gasteiger partial charge in [-0.2, -0.15) is 5.10 Å². The Balaban J connectivity index is 1.44. The fourth-order valence-corrected chi connectivity index (χ4v) is 6.69. The van der Waals surface area contributed by atoms with E-state index in [2.05, 4.69) is 15.1 Å². The molecule has 0 N–H and O–H groups in total. The molecule has 0 amide bonds. The Kier molecular flexibility index (Phi) is 8.39. The molecule has 0 aliphatic heterocycles. The van der Waals surface area contributed by atoms with Crippen LogP contribution in [-0.2, 0) is 23.1 Å². The number of aryl methyl sites for hydroxylation is 1. The molecular formula is C29H32FN5O5S. The minimum Gasteiger partial charge on any atom is -0.497 e. The third kappa shape index (κ3) is 5.83. The zero-order chi connectivity index (χ0) is 29.0. The minimum atomic E-state index is -4.41. The number of nitrogens with zero attached hydrogens (tertiary/aromatic N) is 5. The van der Waals surface area contributed by atoms with E-state index in [1.807, 2.05) is 17.7 Å². The number of sulfonamides is 1. The van der Waals surface area contributed by atoms with Crippen molar-refractivity contribution in [2.45, 2.75) is 56.2 Å². The van der Waals surface area contributed by atoms with Crippen molar-refractivity contribution in [1.82, 2.24) is 19.7 Å². The number of hydrogen-bond donors (Lipinski definition) is 0. The Labute approximate surface area is 238 Å². The van der Waals surface area contributed by atoms with Gasteiger partial charge in [0.2, 0.25) is 0 Å². The third-order valence-electron chi connectivity index (χ3n) is 7.27. The normalized spacial score (nSPS) is 16.9. The molecule has 2 heterocycles. The van der Waals surface area contributed by atoms with E-state index < -0.39 is 20.7 Å². The van der Waals surface area contributed by atoms with Crippen molar-refractivity contribution in [3.8, 4) is 17.2 Å². The molecule has 1 aliphatic rings. The van der Waals surface area contributed by atoms with Gasteiger partial charge in [0, 0.05) is 54.3 Å². The molecule has 1 aliphatic carbocycles. The van der Waals surface area contributed by atoms with Gasteiger partial charge in [0.05, 0.1) is 20.8 Å². The topological polar surface area (TPSA) is 109 Å². The fourth-order valence-electron chi connectivity index (χ4n) is 5.24. The van der Waals surface area contributed by atoms with Crippen LogP contribution in [0.2, 0.25) is 0 Å². The summed E-state index contributed by atoms with van der Waals surface area (Å²) in [5, 5.41) is 4.37. The molecule has 0 spiro atoms. The lowest BCUT2D eigenvalue weighted by Crippen LogP contribution is -2.32. The summed E-state index contributed by atoms with van der Waals surface area (Å²) in [7, 11) is -1.41. The molecule has 216 valence electrons. The predicted octanol–water partition coefficient (Wildman–Crippen LogP) is 4.96. The molecule has 0 unspecified atom stereocenters. The van der Waals surface area contributed by atoms with Crippen LogP contribution in [0.15, 0.2) is 72.1 Å². The van der Waals surface area contributed by atoms with Gasteiger partial charge in [-0.1, -0.05) is 0 Å². The summed E-state index contributed by atoms with van der Waals surface area (Å²) in [6.45, 7) is 2.61. The van der Waals surface area contributed by atoms with Crippen LogP contribution in [-0.4, -0.2) is 48.5 Å². The molecule has 2 atom stereocenters. The van der Waals surface area contributed by atoms with E-state index in [4.69, 9.17) is 14.2 Å². The Hall–Kier alpha value is -4.19. The summed E-state index contributed by atoms with van der Waals surface area (Å²) in [4.78, 5) is 7.53. The van der Waals surface area contributed by atoms with E-state index in [-0.39, 0.29) is 30.1 Å². The quantitative estimate of drug-likeness (QED) is 0.245. The maximum Gasteiger partial charge on any atom is 0.268 e. The Morgan fingerprint density at radius 1 is 1.02 bits per heavy atom. The second-order valence-corrected chi connectivity index (χ2v) is 11.4. The molecule has 0 bridgehead atoms. The zero-order valence-electron chi connectivity index (χ0n) is 23.1. The van der Waals surface area contributed by atoms with E-state index in [0.717, 1.165) is 41.9 Å². The van der Waals surface area contributed by atoms with Gasteiger partial charge in [0.15, 0.2) is 0 Å². The van der Waals surface area contributed by atoms with E-state index >= 15 is 4.39 Å². The van der Waals surface area contributed by atoms with Crippen molar-refractivity contribution in [3.05, 3.63) is 84.3 Å². The number of halogens is 1. The molecule has 0 radical (unpaired) electrons. The van der Waals surface area contributed by atoms with Crippen LogP contribution in [0.3, 0.4) is 0 Å². The Morgan fingerprint density at radius 3 is 2.56 bits per heavy atom. The Morgan fingerprint density at radius 2 is 1.85 bits per heavy atom. The second-order valence-electron chi connectivity index (χ2n) is 9.61. The SMILES string of the molecule is CCn1nccc1[C@H]1CCC[C@@H]1Oc1ccc(S(=O)(=O)N(Cc2ccc(OC)cc2OC)c2ccncn2)c(F)c1. The van der Waals surface area contributed by atoms with Crippen LogP contribution in [0, 0.1) is 5.82 Å². The van der Waals surface area contributed by atoms with Gasteiger partial charge in [-0.25, -0.2) is 27.1 Å². The predicted molar refractivity (Wildman–Crippen MR) is 150 cm³/mol. The smallest absolute Gasteiger partial charge is 0.268 e. The number of anilines is 1. The molecule has 10 nitrogen and oxygen atoms in total. The van der Waals surface area contributed by atoms with Gasteiger partial charge in [-0.15, -0.1) is 0 Å². The second kappa shape index (κ2) is 12.1. The summed E-state index contributed by atoms with van der Waals surface area (Å²) in [5.74, 6) is 0.518. The summed E-state index contributed by atoms with van der Waals surface area (Å²) in [6, 6.07) is 12.3. The lowest BCUT2D eigenvalue weighted by Gasteiger charge is -2.25. The van der Waals surface area contributed by atoms with Gasteiger partial charge in [-0.05, 0) is 56.5 Å². The molecular weight excluding hydrogens is 549 g/mol. The number of rotatable bonds is 11. The van der Waals surface area contributed by atoms with Crippen molar-refractivity contribution in [2.75, 3.05) is 18.5 Å². The lowest BCUT2D eigenvalue weighted by atomic mass is 10.0. The minimum absolute atomic E-state index is 0.0823. The maximum atomic E-state index is 15.6. The van der Waals surface area contributed by atoms with Crippen LogP contribution >= 0.6 is 0 Å². The van der Waals surface area contributed by atoms with Gasteiger partial charge < -0.3 is 14.2 Å². The van der Waals surface area contributed by atoms with E-state index in [1.165, 1.54) is 44.9 Å². The summed E-state index contributed by atoms with van der Waals surface area (Å²) >= 11 is 0. The van der Waals surface area contributed by atoms with Crippen LogP contribution in [0.1, 0.15) is 43.4 Å². The number of ether oxygens (including phenoxy) is 3. The largest absolute Gasteiger partial charge is 0.497 e. The highest BCUT2D eigenvalue weighted by molar-refractivity contribution is 7.92. The first-order valence-corrected chi connectivity index (χ1v) is 14.8. The first kappa shape index (κ1) is 28.3. The summed E-state index contributed by atoms with van der Waals surface area (Å²) < 4.78 is 63.3. The third-order valence-corrected chi connectivity index (χ3v) is 9.05. The van der Waals surface area contributed by atoms with Crippen molar-refractivity contribution in [2.24, 2.45) is 0 Å². The van der Waals surface area contributed by atoms with E-state index in [9.17, 15) is 8.42 Å². The first-order chi connectivity index (χ1) is 19.8. The van der Waals surface area contributed by atoms with Gasteiger partial charge in [-0.3, -0.25) is 4.68 Å². The molecule has 2 aromatic heterocycles. The van der Waals surface area contributed by atoms with E-state index in [1.54, 1.807) is 24.4 Å². The van der Waals surface area contributed by atoms with Gasteiger partial charge >= 0.3 is 0 Å². The van der Waals surface area contributed by atoms with Crippen LogP contribution in [0.4, 0.5) is 10.2 Å². The number of hydrogen-bond acceptors (Lipinski definition) is 8.